The summed E-state index contributed by atoms with van der Waals surface area (Å²) in [6.45, 7) is 4.31. The maximum absolute atomic E-state index is 4.59. The van der Waals surface area contributed by atoms with Gasteiger partial charge in [-0.3, -0.25) is 0 Å². The number of nitrogens with one attached hydrogen (secondary N) is 1. The minimum atomic E-state index is 0.297. The monoisotopic (exact) mass is 259 g/mol. The van der Waals surface area contributed by atoms with E-state index in [2.05, 4.69) is 41.3 Å². The molecular formula is C14H17N3S. The van der Waals surface area contributed by atoms with Crippen molar-refractivity contribution >= 4 is 17.2 Å². The van der Waals surface area contributed by atoms with E-state index < -0.39 is 0 Å². The van der Waals surface area contributed by atoms with E-state index in [9.17, 15) is 0 Å². The number of aromatic nitrogens is 2. The summed E-state index contributed by atoms with van der Waals surface area (Å²) < 4.78 is 0. The normalized spacial score (nSPS) is 16.6. The minimum Gasteiger partial charge on any atom is -0.363 e. The lowest BCUT2D eigenvalue weighted by Gasteiger charge is -2.13. The SMILES string of the molecule is Cc1ccc(C(C)Nc2ccnc(C3CC3)n2)s1. The van der Waals surface area contributed by atoms with Crippen molar-refractivity contribution in [2.24, 2.45) is 0 Å². The van der Waals surface area contributed by atoms with Crippen LogP contribution in [0, 0.1) is 6.92 Å². The molecule has 0 aliphatic heterocycles. The molecule has 0 spiro atoms. The standard InChI is InChI=1S/C14H17N3S/c1-9-3-6-12(18-9)10(2)16-13-7-8-15-14(17-13)11-4-5-11/h3,6-8,10-11H,4-5H2,1-2H3,(H,15,16,17). The number of anilines is 1. The van der Waals surface area contributed by atoms with Crippen LogP contribution in [-0.4, -0.2) is 9.97 Å². The average molecular weight is 259 g/mol. The summed E-state index contributed by atoms with van der Waals surface area (Å²) in [7, 11) is 0. The van der Waals surface area contributed by atoms with E-state index in [0.29, 0.717) is 12.0 Å². The first-order valence-electron chi connectivity index (χ1n) is 6.38. The Bertz CT molecular complexity index is 545. The number of rotatable bonds is 4. The maximum atomic E-state index is 4.59. The Kier molecular flexibility index (Phi) is 3.04. The Labute approximate surface area is 111 Å². The van der Waals surface area contributed by atoms with E-state index in [1.807, 2.05) is 23.6 Å². The molecule has 3 nitrogen and oxygen atoms in total. The highest BCUT2D eigenvalue weighted by Gasteiger charge is 2.26. The van der Waals surface area contributed by atoms with Gasteiger partial charge < -0.3 is 5.32 Å². The Morgan fingerprint density at radius 3 is 2.83 bits per heavy atom. The van der Waals surface area contributed by atoms with Crippen molar-refractivity contribution < 1.29 is 0 Å². The molecule has 1 aliphatic carbocycles. The van der Waals surface area contributed by atoms with Crippen LogP contribution in [0.5, 0.6) is 0 Å². The molecule has 1 N–H and O–H groups in total. The third kappa shape index (κ3) is 2.53. The zero-order valence-corrected chi connectivity index (χ0v) is 11.5. The highest BCUT2D eigenvalue weighted by atomic mass is 32.1. The quantitative estimate of drug-likeness (QED) is 0.905. The molecule has 94 valence electrons. The van der Waals surface area contributed by atoms with Crippen molar-refractivity contribution in [3.63, 3.8) is 0 Å². The summed E-state index contributed by atoms with van der Waals surface area (Å²) in [5.41, 5.74) is 0. The summed E-state index contributed by atoms with van der Waals surface area (Å²) in [4.78, 5) is 11.6. The summed E-state index contributed by atoms with van der Waals surface area (Å²) in [6.07, 6.45) is 4.33. The van der Waals surface area contributed by atoms with Gasteiger partial charge in [0.25, 0.3) is 0 Å². The molecule has 4 heteroatoms. The van der Waals surface area contributed by atoms with E-state index in [0.717, 1.165) is 11.6 Å². The first kappa shape index (κ1) is 11.7. The zero-order chi connectivity index (χ0) is 12.5. The molecule has 0 bridgehead atoms. The summed E-state index contributed by atoms with van der Waals surface area (Å²) >= 11 is 1.83. The molecule has 1 atom stereocenters. The predicted octanol–water partition coefficient (Wildman–Crippen LogP) is 3.90. The lowest BCUT2D eigenvalue weighted by Crippen LogP contribution is -2.07. The van der Waals surface area contributed by atoms with E-state index in [-0.39, 0.29) is 0 Å². The van der Waals surface area contributed by atoms with Crippen LogP contribution in [0.15, 0.2) is 24.4 Å². The number of aryl methyl sites for hydroxylation is 1. The van der Waals surface area contributed by atoms with Gasteiger partial charge >= 0.3 is 0 Å². The van der Waals surface area contributed by atoms with Crippen LogP contribution in [0.1, 0.15) is 47.3 Å². The van der Waals surface area contributed by atoms with Gasteiger partial charge in [-0.25, -0.2) is 9.97 Å². The second kappa shape index (κ2) is 4.69. The van der Waals surface area contributed by atoms with Crippen LogP contribution in [0.3, 0.4) is 0 Å². The van der Waals surface area contributed by atoms with Gasteiger partial charge in [0.2, 0.25) is 0 Å². The average Bonchev–Trinajstić information content (AvgIpc) is 3.12. The molecule has 1 saturated carbocycles. The Morgan fingerprint density at radius 2 is 2.17 bits per heavy atom. The lowest BCUT2D eigenvalue weighted by atomic mass is 10.2. The van der Waals surface area contributed by atoms with Crippen LogP contribution >= 0.6 is 11.3 Å². The van der Waals surface area contributed by atoms with E-state index >= 15 is 0 Å². The zero-order valence-electron chi connectivity index (χ0n) is 10.7. The molecule has 1 aliphatic rings. The van der Waals surface area contributed by atoms with Crippen molar-refractivity contribution in [1.82, 2.24) is 9.97 Å². The van der Waals surface area contributed by atoms with E-state index in [1.54, 1.807) is 0 Å². The van der Waals surface area contributed by atoms with Gasteiger partial charge in [-0.15, -0.1) is 11.3 Å². The molecule has 18 heavy (non-hydrogen) atoms. The lowest BCUT2D eigenvalue weighted by molar-refractivity contribution is 0.868. The van der Waals surface area contributed by atoms with Crippen LogP contribution < -0.4 is 5.32 Å². The molecular weight excluding hydrogens is 242 g/mol. The maximum Gasteiger partial charge on any atom is 0.133 e. The van der Waals surface area contributed by atoms with Crippen molar-refractivity contribution in [3.8, 4) is 0 Å². The smallest absolute Gasteiger partial charge is 0.133 e. The number of thiophene rings is 1. The molecule has 2 aromatic rings. The van der Waals surface area contributed by atoms with Crippen molar-refractivity contribution in [2.45, 2.75) is 38.6 Å². The van der Waals surface area contributed by atoms with Crippen LogP contribution in [-0.2, 0) is 0 Å². The largest absolute Gasteiger partial charge is 0.363 e. The number of hydrogen-bond donors (Lipinski definition) is 1. The second-order valence-corrected chi connectivity index (χ2v) is 6.21. The molecule has 2 heterocycles. The fourth-order valence-corrected chi connectivity index (χ4v) is 2.85. The molecule has 0 radical (unpaired) electrons. The van der Waals surface area contributed by atoms with E-state index in [1.165, 1.54) is 22.6 Å². The highest BCUT2D eigenvalue weighted by Crippen LogP contribution is 2.38. The topological polar surface area (TPSA) is 37.8 Å². The number of nitrogens with zero attached hydrogens (tertiary/aromatic N) is 2. The third-order valence-corrected chi connectivity index (χ3v) is 4.35. The summed E-state index contributed by atoms with van der Waals surface area (Å²) in [5.74, 6) is 2.53. The van der Waals surface area contributed by atoms with Crippen LogP contribution in [0.25, 0.3) is 0 Å². The summed E-state index contributed by atoms with van der Waals surface area (Å²) in [6, 6.07) is 6.59. The molecule has 1 unspecified atom stereocenters. The predicted molar refractivity (Wildman–Crippen MR) is 75.1 cm³/mol. The molecule has 0 aromatic carbocycles. The van der Waals surface area contributed by atoms with Gasteiger partial charge in [-0.1, -0.05) is 0 Å². The fraction of sp³-hybridized carbons (Fsp3) is 0.429. The Balaban J connectivity index is 1.73. The molecule has 2 aromatic heterocycles. The first-order chi connectivity index (χ1) is 8.72. The van der Waals surface area contributed by atoms with Crippen molar-refractivity contribution in [1.29, 1.82) is 0 Å². The fourth-order valence-electron chi connectivity index (χ4n) is 1.97. The second-order valence-electron chi connectivity index (χ2n) is 4.89. The molecule has 0 amide bonds. The van der Waals surface area contributed by atoms with Gasteiger partial charge in [-0.2, -0.15) is 0 Å². The first-order valence-corrected chi connectivity index (χ1v) is 7.20. The Morgan fingerprint density at radius 1 is 1.33 bits per heavy atom. The highest BCUT2D eigenvalue weighted by molar-refractivity contribution is 7.12. The van der Waals surface area contributed by atoms with Gasteiger partial charge in [0.15, 0.2) is 0 Å². The van der Waals surface area contributed by atoms with Gasteiger partial charge in [0, 0.05) is 21.9 Å². The molecule has 0 saturated heterocycles. The van der Waals surface area contributed by atoms with Gasteiger partial charge in [-0.05, 0) is 44.9 Å². The van der Waals surface area contributed by atoms with Crippen LogP contribution in [0.4, 0.5) is 5.82 Å². The van der Waals surface area contributed by atoms with Crippen molar-refractivity contribution in [3.05, 3.63) is 40.0 Å². The number of hydrogen-bond acceptors (Lipinski definition) is 4. The van der Waals surface area contributed by atoms with Gasteiger partial charge in [0.1, 0.15) is 11.6 Å². The molecule has 1 fully saturated rings. The molecule has 3 rings (SSSR count). The van der Waals surface area contributed by atoms with E-state index in [4.69, 9.17) is 0 Å². The van der Waals surface area contributed by atoms with Gasteiger partial charge in [0.05, 0.1) is 6.04 Å². The Hall–Kier alpha value is -1.42. The minimum absolute atomic E-state index is 0.297. The van der Waals surface area contributed by atoms with Crippen molar-refractivity contribution in [2.75, 3.05) is 5.32 Å². The van der Waals surface area contributed by atoms with Crippen LogP contribution in [0.2, 0.25) is 0 Å². The third-order valence-electron chi connectivity index (χ3n) is 3.17. The summed E-state index contributed by atoms with van der Waals surface area (Å²) in [5, 5.41) is 3.45.